The van der Waals surface area contributed by atoms with Crippen molar-refractivity contribution >= 4 is 5.82 Å². The van der Waals surface area contributed by atoms with Gasteiger partial charge in [-0.25, -0.2) is 15.0 Å². The number of hydrogen-bond acceptors (Lipinski definition) is 4. The molecule has 0 aliphatic carbocycles. The molecule has 0 aliphatic rings. The van der Waals surface area contributed by atoms with Crippen LogP contribution in [0.15, 0.2) is 31.0 Å². The van der Waals surface area contributed by atoms with Crippen LogP contribution in [0.1, 0.15) is 5.82 Å². The predicted molar refractivity (Wildman–Crippen MR) is 47.8 cm³/mol. The van der Waals surface area contributed by atoms with Gasteiger partial charge in [-0.1, -0.05) is 0 Å². The fourth-order valence-electron chi connectivity index (χ4n) is 1.04. The van der Waals surface area contributed by atoms with E-state index in [9.17, 15) is 0 Å². The second-order valence-corrected chi connectivity index (χ2v) is 2.64. The SMILES string of the molecule is Nc1cn(Cc2ncccn2)cn1. The standard InChI is InChI=1S/C8H9N5/c9-7-4-13(6-12-7)5-8-10-2-1-3-11-8/h1-4,6H,5,9H2. The molecule has 0 saturated heterocycles. The molecule has 0 fully saturated rings. The third kappa shape index (κ3) is 1.81. The fraction of sp³-hybridized carbons (Fsp3) is 0.125. The highest BCUT2D eigenvalue weighted by atomic mass is 15.1. The van der Waals surface area contributed by atoms with Gasteiger partial charge in [0.2, 0.25) is 0 Å². The van der Waals surface area contributed by atoms with E-state index < -0.39 is 0 Å². The van der Waals surface area contributed by atoms with Crippen LogP contribution in [0, 0.1) is 0 Å². The van der Waals surface area contributed by atoms with Gasteiger partial charge in [-0.15, -0.1) is 0 Å². The van der Waals surface area contributed by atoms with Crippen LogP contribution in [-0.4, -0.2) is 19.5 Å². The van der Waals surface area contributed by atoms with E-state index in [0.29, 0.717) is 12.4 Å². The monoisotopic (exact) mass is 175 g/mol. The molecule has 2 aromatic rings. The zero-order chi connectivity index (χ0) is 9.10. The Hall–Kier alpha value is -1.91. The molecule has 2 rings (SSSR count). The Morgan fingerprint density at radius 3 is 2.62 bits per heavy atom. The van der Waals surface area contributed by atoms with Gasteiger partial charge in [0.15, 0.2) is 0 Å². The number of aromatic nitrogens is 4. The number of rotatable bonds is 2. The van der Waals surface area contributed by atoms with Crippen molar-refractivity contribution in [3.8, 4) is 0 Å². The minimum atomic E-state index is 0.510. The molecule has 0 unspecified atom stereocenters. The van der Waals surface area contributed by atoms with Crippen LogP contribution >= 0.6 is 0 Å². The van der Waals surface area contributed by atoms with Crippen LogP contribution in [-0.2, 0) is 6.54 Å². The molecule has 0 saturated carbocycles. The van der Waals surface area contributed by atoms with Crippen molar-refractivity contribution in [2.75, 3.05) is 5.73 Å². The van der Waals surface area contributed by atoms with Crippen LogP contribution in [0.25, 0.3) is 0 Å². The van der Waals surface area contributed by atoms with Crippen molar-refractivity contribution in [3.63, 3.8) is 0 Å². The number of nitrogen functional groups attached to an aromatic ring is 1. The molecule has 5 heteroatoms. The minimum absolute atomic E-state index is 0.510. The molecule has 2 heterocycles. The summed E-state index contributed by atoms with van der Waals surface area (Å²) >= 11 is 0. The van der Waals surface area contributed by atoms with Crippen molar-refractivity contribution in [1.82, 2.24) is 19.5 Å². The first-order valence-electron chi connectivity index (χ1n) is 3.88. The van der Waals surface area contributed by atoms with Gasteiger partial charge in [-0.05, 0) is 6.07 Å². The third-order valence-corrected chi connectivity index (χ3v) is 1.60. The Balaban J connectivity index is 2.15. The summed E-state index contributed by atoms with van der Waals surface area (Å²) in [5, 5.41) is 0. The number of imidazole rings is 1. The first-order chi connectivity index (χ1) is 6.34. The lowest BCUT2D eigenvalue weighted by molar-refractivity contribution is 0.743. The van der Waals surface area contributed by atoms with E-state index in [-0.39, 0.29) is 0 Å². The van der Waals surface area contributed by atoms with Crippen molar-refractivity contribution in [3.05, 3.63) is 36.8 Å². The smallest absolute Gasteiger partial charge is 0.147 e. The Labute approximate surface area is 75.3 Å². The quantitative estimate of drug-likeness (QED) is 0.712. The lowest BCUT2D eigenvalue weighted by Gasteiger charge is -1.98. The van der Waals surface area contributed by atoms with E-state index in [0.717, 1.165) is 5.82 Å². The first kappa shape index (κ1) is 7.72. The van der Waals surface area contributed by atoms with Gasteiger partial charge >= 0.3 is 0 Å². The Bertz CT molecular complexity index is 380. The lowest BCUT2D eigenvalue weighted by atomic mass is 10.5. The number of nitrogens with zero attached hydrogens (tertiary/aromatic N) is 4. The largest absolute Gasteiger partial charge is 0.382 e. The van der Waals surface area contributed by atoms with Gasteiger partial charge in [0, 0.05) is 18.6 Å². The molecule has 0 amide bonds. The van der Waals surface area contributed by atoms with E-state index in [1.165, 1.54) is 0 Å². The highest BCUT2D eigenvalue weighted by Gasteiger charge is 1.97. The molecular weight excluding hydrogens is 166 g/mol. The van der Waals surface area contributed by atoms with Gasteiger partial charge in [0.1, 0.15) is 11.6 Å². The molecule has 2 aromatic heterocycles. The summed E-state index contributed by atoms with van der Waals surface area (Å²) in [4.78, 5) is 12.1. The van der Waals surface area contributed by atoms with Gasteiger partial charge < -0.3 is 10.3 Å². The first-order valence-corrected chi connectivity index (χ1v) is 3.88. The summed E-state index contributed by atoms with van der Waals surface area (Å²) in [6.45, 7) is 0.602. The highest BCUT2D eigenvalue weighted by molar-refractivity contribution is 5.22. The van der Waals surface area contributed by atoms with E-state index in [2.05, 4.69) is 15.0 Å². The summed E-state index contributed by atoms with van der Waals surface area (Å²) < 4.78 is 1.84. The molecule has 0 radical (unpaired) electrons. The zero-order valence-electron chi connectivity index (χ0n) is 6.96. The highest BCUT2D eigenvalue weighted by Crippen LogP contribution is 1.99. The van der Waals surface area contributed by atoms with Gasteiger partial charge in [0.25, 0.3) is 0 Å². The number of nitrogens with two attached hydrogens (primary N) is 1. The van der Waals surface area contributed by atoms with Crippen LogP contribution < -0.4 is 5.73 Å². The topological polar surface area (TPSA) is 69.6 Å². The van der Waals surface area contributed by atoms with Crippen molar-refractivity contribution in [2.45, 2.75) is 6.54 Å². The van der Waals surface area contributed by atoms with Crippen molar-refractivity contribution in [2.24, 2.45) is 0 Å². The molecule has 0 spiro atoms. The van der Waals surface area contributed by atoms with E-state index >= 15 is 0 Å². The molecule has 0 aromatic carbocycles. The van der Waals surface area contributed by atoms with Crippen molar-refractivity contribution < 1.29 is 0 Å². The van der Waals surface area contributed by atoms with E-state index in [4.69, 9.17) is 5.73 Å². The number of hydrogen-bond donors (Lipinski definition) is 1. The van der Waals surface area contributed by atoms with Crippen molar-refractivity contribution in [1.29, 1.82) is 0 Å². The van der Waals surface area contributed by atoms with E-state index in [1.54, 1.807) is 31.0 Å². The summed E-state index contributed by atoms with van der Waals surface area (Å²) in [5.74, 6) is 1.26. The summed E-state index contributed by atoms with van der Waals surface area (Å²) in [6, 6.07) is 1.78. The van der Waals surface area contributed by atoms with Gasteiger partial charge in [-0.3, -0.25) is 0 Å². The molecule has 0 atom stereocenters. The maximum Gasteiger partial charge on any atom is 0.147 e. The van der Waals surface area contributed by atoms with E-state index in [1.807, 2.05) is 4.57 Å². The molecule has 13 heavy (non-hydrogen) atoms. The van der Waals surface area contributed by atoms with Crippen LogP contribution in [0.5, 0.6) is 0 Å². The van der Waals surface area contributed by atoms with Crippen LogP contribution in [0.4, 0.5) is 5.82 Å². The molecule has 66 valence electrons. The Morgan fingerprint density at radius 2 is 2.00 bits per heavy atom. The Kier molecular flexibility index (Phi) is 1.91. The summed E-state index contributed by atoms with van der Waals surface area (Å²) in [5.41, 5.74) is 5.46. The van der Waals surface area contributed by atoms with Crippen LogP contribution in [0.2, 0.25) is 0 Å². The molecule has 0 bridgehead atoms. The average molecular weight is 175 g/mol. The third-order valence-electron chi connectivity index (χ3n) is 1.60. The summed E-state index contributed by atoms with van der Waals surface area (Å²) in [6.07, 6.45) is 6.83. The zero-order valence-corrected chi connectivity index (χ0v) is 6.96. The second-order valence-electron chi connectivity index (χ2n) is 2.64. The normalized spacial score (nSPS) is 10.2. The number of anilines is 1. The fourth-order valence-corrected chi connectivity index (χ4v) is 1.04. The molecule has 2 N–H and O–H groups in total. The molecule has 0 aliphatic heterocycles. The maximum absolute atomic E-state index is 5.46. The average Bonchev–Trinajstić information content (AvgIpc) is 2.53. The predicted octanol–water partition coefficient (Wildman–Crippen LogP) is 0.304. The van der Waals surface area contributed by atoms with Gasteiger partial charge in [0.05, 0.1) is 12.9 Å². The Morgan fingerprint density at radius 1 is 1.23 bits per heavy atom. The maximum atomic E-state index is 5.46. The molecular formula is C8H9N5. The minimum Gasteiger partial charge on any atom is -0.382 e. The summed E-state index contributed by atoms with van der Waals surface area (Å²) in [7, 11) is 0. The lowest BCUT2D eigenvalue weighted by Crippen LogP contribution is -2.01. The second kappa shape index (κ2) is 3.22. The van der Waals surface area contributed by atoms with Gasteiger partial charge in [-0.2, -0.15) is 0 Å². The van der Waals surface area contributed by atoms with Crippen LogP contribution in [0.3, 0.4) is 0 Å². The molecule has 5 nitrogen and oxygen atoms in total.